The number of nitrogens with two attached hydrogens (primary N) is 1. The molecule has 0 aliphatic heterocycles. The van der Waals surface area contributed by atoms with E-state index >= 15 is 0 Å². The molecule has 0 bridgehead atoms. The third kappa shape index (κ3) is 3.35. The van der Waals surface area contributed by atoms with Crippen molar-refractivity contribution >= 4 is 31.8 Å². The highest BCUT2D eigenvalue weighted by atomic mass is 79.9. The van der Waals surface area contributed by atoms with Crippen LogP contribution in [0.2, 0.25) is 0 Å². The molecular weight excluding hydrogens is 346 g/mol. The molecule has 2 aromatic rings. The van der Waals surface area contributed by atoms with Gasteiger partial charge in [0, 0.05) is 23.4 Å². The van der Waals surface area contributed by atoms with E-state index in [4.69, 9.17) is 5.73 Å². The van der Waals surface area contributed by atoms with Gasteiger partial charge in [-0.3, -0.25) is 9.40 Å². The second-order valence-corrected chi connectivity index (χ2v) is 6.69. The Kier molecular flexibility index (Phi) is 4.41. The average molecular weight is 360 g/mol. The molecule has 0 atom stereocenters. The molecule has 0 aliphatic carbocycles. The first-order valence-electron chi connectivity index (χ1n) is 5.80. The number of nitrogens with one attached hydrogen (secondary N) is 1. The number of halogens is 1. The summed E-state index contributed by atoms with van der Waals surface area (Å²) in [6.07, 6.45) is 4.26. The minimum atomic E-state index is -3.69. The summed E-state index contributed by atoms with van der Waals surface area (Å²) in [5.41, 5.74) is 6.28. The summed E-state index contributed by atoms with van der Waals surface area (Å²) < 4.78 is 29.0. The van der Waals surface area contributed by atoms with Gasteiger partial charge in [0.2, 0.25) is 0 Å². The van der Waals surface area contributed by atoms with E-state index in [-0.39, 0.29) is 10.7 Å². The highest BCUT2D eigenvalue weighted by Crippen LogP contribution is 2.19. The predicted octanol–water partition coefficient (Wildman–Crippen LogP) is 1.11. The molecule has 0 saturated heterocycles. The molecule has 2 rings (SSSR count). The summed E-state index contributed by atoms with van der Waals surface area (Å²) in [6, 6.07) is 1.64. The van der Waals surface area contributed by atoms with Gasteiger partial charge in [-0.1, -0.05) is 0 Å². The van der Waals surface area contributed by atoms with Crippen molar-refractivity contribution in [2.24, 2.45) is 5.73 Å². The molecule has 7 nitrogen and oxygen atoms in total. The van der Waals surface area contributed by atoms with E-state index in [0.29, 0.717) is 13.1 Å². The standard InChI is InChI=1S/C11H14BrN5O2S/c1-8-4-11(14-6-10(8)12)16-20(18,19)9-5-15-17(7-9)3-2-13/h4-7H,2-3,13H2,1H3,(H,14,16). The number of anilines is 1. The zero-order valence-electron chi connectivity index (χ0n) is 10.7. The van der Waals surface area contributed by atoms with Crippen molar-refractivity contribution in [3.63, 3.8) is 0 Å². The number of rotatable bonds is 5. The number of pyridine rings is 1. The Morgan fingerprint density at radius 1 is 1.45 bits per heavy atom. The van der Waals surface area contributed by atoms with Crippen LogP contribution in [0, 0.1) is 6.92 Å². The minimum absolute atomic E-state index is 0.0771. The fraction of sp³-hybridized carbons (Fsp3) is 0.273. The third-order valence-corrected chi connectivity index (χ3v) is 4.70. The molecule has 2 aromatic heterocycles. The van der Waals surface area contributed by atoms with Gasteiger partial charge in [0.05, 0.1) is 12.7 Å². The Morgan fingerprint density at radius 2 is 2.20 bits per heavy atom. The van der Waals surface area contributed by atoms with Gasteiger partial charge in [0.25, 0.3) is 10.0 Å². The lowest BCUT2D eigenvalue weighted by Gasteiger charge is -2.06. The molecular formula is C11H14BrN5O2S. The lowest BCUT2D eigenvalue weighted by Crippen LogP contribution is -2.14. The molecule has 0 fully saturated rings. The Bertz CT molecular complexity index is 713. The normalized spacial score (nSPS) is 11.6. The highest BCUT2D eigenvalue weighted by Gasteiger charge is 2.17. The van der Waals surface area contributed by atoms with Crippen LogP contribution in [-0.4, -0.2) is 29.7 Å². The molecule has 0 aliphatic rings. The van der Waals surface area contributed by atoms with E-state index in [2.05, 4.69) is 30.7 Å². The number of sulfonamides is 1. The zero-order valence-corrected chi connectivity index (χ0v) is 13.1. The second kappa shape index (κ2) is 5.90. The summed E-state index contributed by atoms with van der Waals surface area (Å²) in [6.45, 7) is 2.70. The topological polar surface area (TPSA) is 103 Å². The van der Waals surface area contributed by atoms with E-state index in [0.717, 1.165) is 10.0 Å². The highest BCUT2D eigenvalue weighted by molar-refractivity contribution is 9.10. The number of hydrogen-bond donors (Lipinski definition) is 2. The van der Waals surface area contributed by atoms with Crippen molar-refractivity contribution in [2.75, 3.05) is 11.3 Å². The Labute approximate surface area is 125 Å². The Hall–Kier alpha value is -1.45. The van der Waals surface area contributed by atoms with E-state index in [1.54, 1.807) is 12.3 Å². The summed E-state index contributed by atoms with van der Waals surface area (Å²) in [5.74, 6) is 0.261. The average Bonchev–Trinajstić information content (AvgIpc) is 2.83. The van der Waals surface area contributed by atoms with Gasteiger partial charge >= 0.3 is 0 Å². The van der Waals surface area contributed by atoms with Crippen LogP contribution in [0.5, 0.6) is 0 Å². The van der Waals surface area contributed by atoms with Crippen LogP contribution in [0.3, 0.4) is 0 Å². The van der Waals surface area contributed by atoms with Crippen LogP contribution >= 0.6 is 15.9 Å². The van der Waals surface area contributed by atoms with E-state index < -0.39 is 10.0 Å². The first-order chi connectivity index (χ1) is 9.42. The lowest BCUT2D eigenvalue weighted by molar-refractivity contribution is 0.599. The van der Waals surface area contributed by atoms with E-state index in [1.165, 1.54) is 17.1 Å². The molecule has 108 valence electrons. The van der Waals surface area contributed by atoms with Crippen LogP contribution in [0.1, 0.15) is 5.56 Å². The van der Waals surface area contributed by atoms with Gasteiger partial charge < -0.3 is 5.73 Å². The maximum Gasteiger partial charge on any atom is 0.266 e. The maximum absolute atomic E-state index is 12.2. The van der Waals surface area contributed by atoms with Gasteiger partial charge in [0.1, 0.15) is 10.7 Å². The molecule has 0 saturated carbocycles. The van der Waals surface area contributed by atoms with Crippen LogP contribution in [0.25, 0.3) is 0 Å². The van der Waals surface area contributed by atoms with E-state index in [9.17, 15) is 8.42 Å². The summed E-state index contributed by atoms with van der Waals surface area (Å²) >= 11 is 3.31. The first-order valence-corrected chi connectivity index (χ1v) is 8.07. The third-order valence-electron chi connectivity index (χ3n) is 2.56. The number of aromatic nitrogens is 3. The van der Waals surface area contributed by atoms with Crippen molar-refractivity contribution in [1.82, 2.24) is 14.8 Å². The van der Waals surface area contributed by atoms with Crippen molar-refractivity contribution in [3.05, 3.63) is 34.7 Å². The monoisotopic (exact) mass is 359 g/mol. The predicted molar refractivity (Wildman–Crippen MR) is 78.8 cm³/mol. The van der Waals surface area contributed by atoms with Gasteiger partial charge in [-0.2, -0.15) is 5.10 Å². The smallest absolute Gasteiger partial charge is 0.266 e. The molecule has 0 spiro atoms. The van der Waals surface area contributed by atoms with Gasteiger partial charge in [0.15, 0.2) is 0 Å². The quantitative estimate of drug-likeness (QED) is 0.832. The number of aryl methyl sites for hydroxylation is 1. The molecule has 0 radical (unpaired) electrons. The molecule has 3 N–H and O–H groups in total. The Morgan fingerprint density at radius 3 is 2.85 bits per heavy atom. The van der Waals surface area contributed by atoms with Gasteiger partial charge in [-0.05, 0) is 34.5 Å². The summed E-state index contributed by atoms with van der Waals surface area (Å²) in [7, 11) is -3.69. The molecule has 20 heavy (non-hydrogen) atoms. The fourth-order valence-corrected chi connectivity index (χ4v) is 2.70. The van der Waals surface area contributed by atoms with E-state index in [1.807, 2.05) is 6.92 Å². The van der Waals surface area contributed by atoms with Crippen molar-refractivity contribution in [3.8, 4) is 0 Å². The number of hydrogen-bond acceptors (Lipinski definition) is 5. The molecule has 9 heteroatoms. The molecule has 2 heterocycles. The fourth-order valence-electron chi connectivity index (χ4n) is 1.53. The second-order valence-electron chi connectivity index (χ2n) is 4.15. The number of nitrogens with zero attached hydrogens (tertiary/aromatic N) is 3. The molecule has 0 unspecified atom stereocenters. The van der Waals surface area contributed by atoms with Crippen LogP contribution in [0.15, 0.2) is 34.0 Å². The lowest BCUT2D eigenvalue weighted by atomic mass is 10.3. The largest absolute Gasteiger partial charge is 0.329 e. The zero-order chi connectivity index (χ0) is 14.8. The maximum atomic E-state index is 12.2. The van der Waals surface area contributed by atoms with Crippen LogP contribution < -0.4 is 10.5 Å². The van der Waals surface area contributed by atoms with Gasteiger partial charge in [-0.25, -0.2) is 13.4 Å². The minimum Gasteiger partial charge on any atom is -0.329 e. The first kappa shape index (κ1) is 14.9. The summed E-state index contributed by atoms with van der Waals surface area (Å²) in [5, 5.41) is 3.94. The van der Waals surface area contributed by atoms with Gasteiger partial charge in [-0.15, -0.1) is 0 Å². The molecule has 0 aromatic carbocycles. The Balaban J connectivity index is 2.23. The summed E-state index contributed by atoms with van der Waals surface area (Å²) in [4.78, 5) is 4.09. The van der Waals surface area contributed by atoms with Crippen molar-refractivity contribution in [1.29, 1.82) is 0 Å². The SMILES string of the molecule is Cc1cc(NS(=O)(=O)c2cnn(CCN)c2)ncc1Br. The van der Waals surface area contributed by atoms with Crippen LogP contribution in [-0.2, 0) is 16.6 Å². The van der Waals surface area contributed by atoms with Crippen LogP contribution in [0.4, 0.5) is 5.82 Å². The van der Waals surface area contributed by atoms with Crippen molar-refractivity contribution in [2.45, 2.75) is 18.4 Å². The molecule has 0 amide bonds. The van der Waals surface area contributed by atoms with Crippen molar-refractivity contribution < 1.29 is 8.42 Å².